The second-order valence-electron chi connectivity index (χ2n) is 5.40. The lowest BCUT2D eigenvalue weighted by Crippen LogP contribution is -2.29. The molecule has 0 aromatic rings. The standard InChI is InChI=1S/C14H31NS/c1-6-16-9-7-8-14(10-12(2)3)11-15-13(4)5/h12-15H,6-11H2,1-5H3. The van der Waals surface area contributed by atoms with Gasteiger partial charge >= 0.3 is 0 Å². The van der Waals surface area contributed by atoms with Gasteiger partial charge in [-0.3, -0.25) is 0 Å². The molecular weight excluding hydrogens is 214 g/mol. The van der Waals surface area contributed by atoms with Crippen LogP contribution in [-0.2, 0) is 0 Å². The van der Waals surface area contributed by atoms with Crippen LogP contribution in [0.25, 0.3) is 0 Å². The molecule has 1 N–H and O–H groups in total. The Morgan fingerprint density at radius 3 is 2.31 bits per heavy atom. The first-order valence-corrected chi connectivity index (χ1v) is 8.02. The lowest BCUT2D eigenvalue weighted by Gasteiger charge is -2.21. The Morgan fingerprint density at radius 1 is 1.12 bits per heavy atom. The molecule has 2 heteroatoms. The van der Waals surface area contributed by atoms with Gasteiger partial charge in [0.15, 0.2) is 0 Å². The van der Waals surface area contributed by atoms with Gasteiger partial charge in [-0.05, 0) is 49.1 Å². The highest BCUT2D eigenvalue weighted by Gasteiger charge is 2.11. The molecule has 0 radical (unpaired) electrons. The molecule has 0 amide bonds. The Morgan fingerprint density at radius 2 is 1.81 bits per heavy atom. The van der Waals surface area contributed by atoms with Gasteiger partial charge < -0.3 is 5.32 Å². The zero-order valence-corrected chi connectivity index (χ0v) is 12.7. The molecule has 16 heavy (non-hydrogen) atoms. The van der Waals surface area contributed by atoms with E-state index in [1.165, 1.54) is 37.3 Å². The van der Waals surface area contributed by atoms with Crippen LogP contribution in [0.5, 0.6) is 0 Å². The van der Waals surface area contributed by atoms with E-state index < -0.39 is 0 Å². The molecular formula is C14H31NS. The molecule has 0 aromatic carbocycles. The number of thioether (sulfide) groups is 1. The van der Waals surface area contributed by atoms with E-state index >= 15 is 0 Å². The van der Waals surface area contributed by atoms with Gasteiger partial charge in [0.25, 0.3) is 0 Å². The molecule has 0 heterocycles. The van der Waals surface area contributed by atoms with E-state index in [2.05, 4.69) is 51.7 Å². The first-order chi connectivity index (χ1) is 7.56. The summed E-state index contributed by atoms with van der Waals surface area (Å²) in [5.74, 6) is 4.31. The maximum atomic E-state index is 3.59. The highest BCUT2D eigenvalue weighted by atomic mass is 32.2. The summed E-state index contributed by atoms with van der Waals surface area (Å²) in [5, 5.41) is 3.59. The van der Waals surface area contributed by atoms with Gasteiger partial charge in [-0.2, -0.15) is 11.8 Å². The number of rotatable bonds is 10. The Kier molecular flexibility index (Phi) is 10.7. The van der Waals surface area contributed by atoms with Crippen molar-refractivity contribution < 1.29 is 0 Å². The van der Waals surface area contributed by atoms with Crippen LogP contribution in [0.1, 0.15) is 53.9 Å². The summed E-state index contributed by atoms with van der Waals surface area (Å²) in [4.78, 5) is 0. The average molecular weight is 245 g/mol. The van der Waals surface area contributed by atoms with E-state index in [9.17, 15) is 0 Å². The van der Waals surface area contributed by atoms with Gasteiger partial charge in [0.2, 0.25) is 0 Å². The van der Waals surface area contributed by atoms with Crippen LogP contribution in [0.3, 0.4) is 0 Å². The minimum absolute atomic E-state index is 0.625. The van der Waals surface area contributed by atoms with Gasteiger partial charge in [-0.25, -0.2) is 0 Å². The second kappa shape index (κ2) is 10.5. The quantitative estimate of drug-likeness (QED) is 0.580. The smallest absolute Gasteiger partial charge is 0.00104 e. The fourth-order valence-electron chi connectivity index (χ4n) is 1.99. The first-order valence-electron chi connectivity index (χ1n) is 6.87. The van der Waals surface area contributed by atoms with Crippen LogP contribution in [0.4, 0.5) is 0 Å². The Hall–Kier alpha value is 0.310. The Balaban J connectivity index is 3.72. The van der Waals surface area contributed by atoms with E-state index in [1.807, 2.05) is 0 Å². The maximum absolute atomic E-state index is 3.59. The predicted molar refractivity (Wildman–Crippen MR) is 78.3 cm³/mol. The van der Waals surface area contributed by atoms with Gasteiger partial charge in [-0.15, -0.1) is 0 Å². The molecule has 0 aromatic heterocycles. The molecule has 0 aliphatic heterocycles. The summed E-state index contributed by atoms with van der Waals surface area (Å²) in [6.45, 7) is 12.6. The maximum Gasteiger partial charge on any atom is 0.00104 e. The van der Waals surface area contributed by atoms with Crippen molar-refractivity contribution in [1.29, 1.82) is 0 Å². The fraction of sp³-hybridized carbons (Fsp3) is 1.00. The lowest BCUT2D eigenvalue weighted by molar-refractivity contribution is 0.354. The predicted octanol–water partition coefficient (Wildman–Crippen LogP) is 4.18. The van der Waals surface area contributed by atoms with Crippen LogP contribution in [-0.4, -0.2) is 24.1 Å². The normalized spacial score (nSPS) is 13.7. The summed E-state index contributed by atoms with van der Waals surface area (Å²) in [6, 6.07) is 0.625. The van der Waals surface area contributed by atoms with E-state index in [4.69, 9.17) is 0 Å². The fourth-order valence-corrected chi connectivity index (χ4v) is 2.65. The third-order valence-corrected chi connectivity index (χ3v) is 3.71. The lowest BCUT2D eigenvalue weighted by atomic mass is 9.93. The van der Waals surface area contributed by atoms with Gasteiger partial charge in [0.05, 0.1) is 0 Å². The van der Waals surface area contributed by atoms with Crippen molar-refractivity contribution in [2.75, 3.05) is 18.1 Å². The van der Waals surface area contributed by atoms with E-state index in [0.717, 1.165) is 11.8 Å². The molecule has 0 saturated heterocycles. The third-order valence-electron chi connectivity index (χ3n) is 2.72. The van der Waals surface area contributed by atoms with Gasteiger partial charge in [0, 0.05) is 6.04 Å². The molecule has 0 bridgehead atoms. The second-order valence-corrected chi connectivity index (χ2v) is 6.79. The van der Waals surface area contributed by atoms with Crippen LogP contribution < -0.4 is 5.32 Å². The van der Waals surface area contributed by atoms with Gasteiger partial charge in [-0.1, -0.05) is 34.6 Å². The molecule has 0 aliphatic rings. The van der Waals surface area contributed by atoms with Crippen molar-refractivity contribution in [2.45, 2.75) is 59.9 Å². The van der Waals surface area contributed by atoms with E-state index in [0.29, 0.717) is 6.04 Å². The molecule has 0 aliphatic carbocycles. The van der Waals surface area contributed by atoms with Crippen LogP contribution in [0.15, 0.2) is 0 Å². The van der Waals surface area contributed by atoms with Crippen molar-refractivity contribution in [3.63, 3.8) is 0 Å². The number of hydrogen-bond donors (Lipinski definition) is 1. The van der Waals surface area contributed by atoms with Gasteiger partial charge in [0.1, 0.15) is 0 Å². The van der Waals surface area contributed by atoms with Crippen LogP contribution in [0, 0.1) is 11.8 Å². The summed E-state index contributed by atoms with van der Waals surface area (Å²) in [7, 11) is 0. The summed E-state index contributed by atoms with van der Waals surface area (Å²) in [6.07, 6.45) is 4.15. The third kappa shape index (κ3) is 10.8. The molecule has 1 unspecified atom stereocenters. The van der Waals surface area contributed by atoms with Crippen LogP contribution in [0.2, 0.25) is 0 Å². The molecule has 98 valence electrons. The molecule has 0 saturated carbocycles. The molecule has 1 nitrogen and oxygen atoms in total. The summed E-state index contributed by atoms with van der Waals surface area (Å²) in [5.41, 5.74) is 0. The zero-order valence-electron chi connectivity index (χ0n) is 11.9. The number of nitrogens with one attached hydrogen (secondary N) is 1. The monoisotopic (exact) mass is 245 g/mol. The van der Waals surface area contributed by atoms with E-state index in [1.54, 1.807) is 0 Å². The first kappa shape index (κ1) is 16.3. The minimum atomic E-state index is 0.625. The van der Waals surface area contributed by atoms with Crippen molar-refractivity contribution in [3.05, 3.63) is 0 Å². The minimum Gasteiger partial charge on any atom is -0.314 e. The number of hydrogen-bond acceptors (Lipinski definition) is 2. The summed E-state index contributed by atoms with van der Waals surface area (Å²) < 4.78 is 0. The highest BCUT2D eigenvalue weighted by Crippen LogP contribution is 2.18. The topological polar surface area (TPSA) is 12.0 Å². The Labute approximate surface area is 107 Å². The zero-order chi connectivity index (χ0) is 12.4. The van der Waals surface area contributed by atoms with E-state index in [-0.39, 0.29) is 0 Å². The molecule has 1 atom stereocenters. The average Bonchev–Trinajstić information content (AvgIpc) is 2.19. The SMILES string of the molecule is CCSCCCC(CNC(C)C)CC(C)C. The summed E-state index contributed by atoms with van der Waals surface area (Å²) >= 11 is 2.07. The van der Waals surface area contributed by atoms with Crippen molar-refractivity contribution in [3.8, 4) is 0 Å². The molecule has 0 rings (SSSR count). The van der Waals surface area contributed by atoms with Crippen molar-refractivity contribution >= 4 is 11.8 Å². The largest absolute Gasteiger partial charge is 0.314 e. The molecule has 0 fully saturated rings. The molecule has 0 spiro atoms. The van der Waals surface area contributed by atoms with Crippen molar-refractivity contribution in [2.24, 2.45) is 11.8 Å². The van der Waals surface area contributed by atoms with Crippen LogP contribution >= 0.6 is 11.8 Å². The highest BCUT2D eigenvalue weighted by molar-refractivity contribution is 7.99. The Bertz CT molecular complexity index is 146. The van der Waals surface area contributed by atoms with Crippen molar-refractivity contribution in [1.82, 2.24) is 5.32 Å².